The van der Waals surface area contributed by atoms with E-state index in [4.69, 9.17) is 4.74 Å². The number of imidazole rings is 1. The summed E-state index contributed by atoms with van der Waals surface area (Å²) < 4.78 is 6.58. The molecule has 0 spiro atoms. The van der Waals surface area contributed by atoms with Gasteiger partial charge in [0.15, 0.2) is 5.65 Å². The molecule has 2 aromatic rings. The monoisotopic (exact) mass is 207 g/mol. The molecule has 0 aliphatic rings. The van der Waals surface area contributed by atoms with E-state index >= 15 is 0 Å². The minimum atomic E-state index is -0.111. The van der Waals surface area contributed by atoms with Crippen LogP contribution in [0.2, 0.25) is 0 Å². The highest BCUT2D eigenvalue weighted by molar-refractivity contribution is 5.69. The summed E-state index contributed by atoms with van der Waals surface area (Å²) in [5.41, 5.74) is 1.37. The molecule has 5 heteroatoms. The molecule has 0 fully saturated rings. The highest BCUT2D eigenvalue weighted by Crippen LogP contribution is 2.05. The highest BCUT2D eigenvalue weighted by Gasteiger charge is 2.05. The van der Waals surface area contributed by atoms with Crippen molar-refractivity contribution in [2.75, 3.05) is 13.7 Å². The maximum absolute atomic E-state index is 11.6. The summed E-state index contributed by atoms with van der Waals surface area (Å²) in [6.07, 6.45) is 2.49. The SMILES string of the molecule is COCCCn1c(=O)[nH]c2cccnc21. The first-order valence-electron chi connectivity index (χ1n) is 4.85. The van der Waals surface area contributed by atoms with Crippen LogP contribution < -0.4 is 5.69 Å². The van der Waals surface area contributed by atoms with Gasteiger partial charge in [-0.2, -0.15) is 0 Å². The van der Waals surface area contributed by atoms with Crippen molar-refractivity contribution in [2.24, 2.45) is 0 Å². The number of aryl methyl sites for hydroxylation is 1. The van der Waals surface area contributed by atoms with Gasteiger partial charge in [-0.1, -0.05) is 0 Å². The number of nitrogens with one attached hydrogen (secondary N) is 1. The van der Waals surface area contributed by atoms with E-state index in [1.165, 1.54) is 0 Å². The van der Waals surface area contributed by atoms with Gasteiger partial charge in [0.1, 0.15) is 0 Å². The average Bonchev–Trinajstić information content (AvgIpc) is 2.56. The second-order valence-corrected chi connectivity index (χ2v) is 3.30. The Hall–Kier alpha value is -1.62. The minimum Gasteiger partial charge on any atom is -0.385 e. The fourth-order valence-electron chi connectivity index (χ4n) is 1.56. The van der Waals surface area contributed by atoms with E-state index in [-0.39, 0.29) is 5.69 Å². The second-order valence-electron chi connectivity index (χ2n) is 3.30. The summed E-state index contributed by atoms with van der Waals surface area (Å²) in [7, 11) is 1.65. The van der Waals surface area contributed by atoms with Crippen LogP contribution in [0.1, 0.15) is 6.42 Å². The van der Waals surface area contributed by atoms with Crippen molar-refractivity contribution in [3.05, 3.63) is 28.8 Å². The van der Waals surface area contributed by atoms with E-state index < -0.39 is 0 Å². The number of hydrogen-bond donors (Lipinski definition) is 1. The molecule has 0 saturated heterocycles. The van der Waals surface area contributed by atoms with Crippen LogP contribution in [0.15, 0.2) is 23.1 Å². The van der Waals surface area contributed by atoms with Crippen molar-refractivity contribution >= 4 is 11.2 Å². The lowest BCUT2D eigenvalue weighted by atomic mass is 10.4. The van der Waals surface area contributed by atoms with Gasteiger partial charge in [0.25, 0.3) is 0 Å². The van der Waals surface area contributed by atoms with Gasteiger partial charge in [-0.05, 0) is 18.6 Å². The molecule has 0 bridgehead atoms. The van der Waals surface area contributed by atoms with E-state index in [0.717, 1.165) is 11.9 Å². The maximum atomic E-state index is 11.6. The van der Waals surface area contributed by atoms with Crippen molar-refractivity contribution in [3.63, 3.8) is 0 Å². The Morgan fingerprint density at radius 3 is 3.27 bits per heavy atom. The molecule has 0 aliphatic carbocycles. The number of pyridine rings is 1. The molecule has 2 aromatic heterocycles. The predicted octanol–water partition coefficient (Wildman–Crippen LogP) is 0.761. The first-order valence-corrected chi connectivity index (χ1v) is 4.85. The molecule has 0 radical (unpaired) electrons. The number of fused-ring (bicyclic) bond motifs is 1. The number of aromatic amines is 1. The first-order chi connectivity index (χ1) is 7.33. The third-order valence-electron chi connectivity index (χ3n) is 2.26. The van der Waals surface area contributed by atoms with Crippen LogP contribution >= 0.6 is 0 Å². The van der Waals surface area contributed by atoms with Crippen LogP contribution in [0.25, 0.3) is 11.2 Å². The fraction of sp³-hybridized carbons (Fsp3) is 0.400. The van der Waals surface area contributed by atoms with Crippen LogP contribution in [0.4, 0.5) is 0 Å². The van der Waals surface area contributed by atoms with Gasteiger partial charge >= 0.3 is 5.69 Å². The smallest absolute Gasteiger partial charge is 0.327 e. The van der Waals surface area contributed by atoms with E-state index in [2.05, 4.69) is 9.97 Å². The zero-order chi connectivity index (χ0) is 10.7. The number of nitrogens with zero attached hydrogens (tertiary/aromatic N) is 2. The van der Waals surface area contributed by atoms with Gasteiger partial charge in [-0.15, -0.1) is 0 Å². The number of rotatable bonds is 4. The Morgan fingerprint density at radius 2 is 2.47 bits per heavy atom. The molecule has 0 unspecified atom stereocenters. The molecule has 80 valence electrons. The second kappa shape index (κ2) is 4.27. The van der Waals surface area contributed by atoms with Gasteiger partial charge in [0, 0.05) is 26.5 Å². The Labute approximate surface area is 86.7 Å². The molecule has 0 aliphatic heterocycles. The summed E-state index contributed by atoms with van der Waals surface area (Å²) in [5.74, 6) is 0. The van der Waals surface area contributed by atoms with Crippen LogP contribution in [0, 0.1) is 0 Å². The quantitative estimate of drug-likeness (QED) is 0.753. The summed E-state index contributed by atoms with van der Waals surface area (Å²) in [6, 6.07) is 3.65. The van der Waals surface area contributed by atoms with Crippen molar-refractivity contribution < 1.29 is 4.74 Å². The molecule has 1 N–H and O–H groups in total. The minimum absolute atomic E-state index is 0.111. The third kappa shape index (κ3) is 1.92. The van der Waals surface area contributed by atoms with Crippen molar-refractivity contribution in [2.45, 2.75) is 13.0 Å². The van der Waals surface area contributed by atoms with E-state index in [1.807, 2.05) is 6.07 Å². The fourth-order valence-corrected chi connectivity index (χ4v) is 1.56. The van der Waals surface area contributed by atoms with Gasteiger partial charge < -0.3 is 9.72 Å². The van der Waals surface area contributed by atoms with Gasteiger partial charge in [0.2, 0.25) is 0 Å². The van der Waals surface area contributed by atoms with Crippen LogP contribution in [-0.4, -0.2) is 28.3 Å². The molecule has 2 heterocycles. The Morgan fingerprint density at radius 1 is 1.60 bits per heavy atom. The predicted molar refractivity (Wildman–Crippen MR) is 56.8 cm³/mol. The third-order valence-corrected chi connectivity index (χ3v) is 2.26. The van der Waals surface area contributed by atoms with E-state index in [0.29, 0.717) is 18.8 Å². The number of methoxy groups -OCH3 is 1. The van der Waals surface area contributed by atoms with Crippen LogP contribution in [0.3, 0.4) is 0 Å². The number of aromatic nitrogens is 3. The first kappa shape index (κ1) is 9.92. The van der Waals surface area contributed by atoms with Crippen molar-refractivity contribution in [1.82, 2.24) is 14.5 Å². The molecule has 2 rings (SSSR count). The standard InChI is InChI=1S/C10H13N3O2/c1-15-7-3-6-13-9-8(12-10(13)14)4-2-5-11-9/h2,4-5H,3,6-7H2,1H3,(H,12,14). The van der Waals surface area contributed by atoms with Gasteiger partial charge in [-0.25, -0.2) is 9.78 Å². The van der Waals surface area contributed by atoms with Crippen molar-refractivity contribution in [3.8, 4) is 0 Å². The zero-order valence-electron chi connectivity index (χ0n) is 8.56. The lowest BCUT2D eigenvalue weighted by molar-refractivity contribution is 0.190. The van der Waals surface area contributed by atoms with Gasteiger partial charge in [-0.3, -0.25) is 4.57 Å². The molecule has 0 saturated carbocycles. The number of H-pyrrole nitrogens is 1. The average molecular weight is 207 g/mol. The van der Waals surface area contributed by atoms with Crippen LogP contribution in [-0.2, 0) is 11.3 Å². The largest absolute Gasteiger partial charge is 0.385 e. The molecule has 15 heavy (non-hydrogen) atoms. The van der Waals surface area contributed by atoms with E-state index in [9.17, 15) is 4.79 Å². The molecule has 5 nitrogen and oxygen atoms in total. The Bertz CT molecular complexity index is 501. The summed E-state index contributed by atoms with van der Waals surface area (Å²) in [6.45, 7) is 1.27. The summed E-state index contributed by atoms with van der Waals surface area (Å²) in [4.78, 5) is 18.5. The Kier molecular flexibility index (Phi) is 2.82. The van der Waals surface area contributed by atoms with E-state index in [1.54, 1.807) is 23.9 Å². The lowest BCUT2D eigenvalue weighted by Gasteiger charge is -2.01. The topological polar surface area (TPSA) is 59.9 Å². The normalized spacial score (nSPS) is 11.0. The molecular formula is C10H13N3O2. The molecule has 0 amide bonds. The molecular weight excluding hydrogens is 194 g/mol. The summed E-state index contributed by atoms with van der Waals surface area (Å²) in [5, 5.41) is 0. The highest BCUT2D eigenvalue weighted by atomic mass is 16.5. The van der Waals surface area contributed by atoms with Crippen LogP contribution in [0.5, 0.6) is 0 Å². The Balaban J connectivity index is 2.33. The van der Waals surface area contributed by atoms with Gasteiger partial charge in [0.05, 0.1) is 5.52 Å². The lowest BCUT2D eigenvalue weighted by Crippen LogP contribution is -2.17. The number of ether oxygens (including phenoxy) is 1. The molecule has 0 atom stereocenters. The maximum Gasteiger partial charge on any atom is 0.327 e. The summed E-state index contributed by atoms with van der Waals surface area (Å²) >= 11 is 0. The number of hydrogen-bond acceptors (Lipinski definition) is 3. The zero-order valence-corrected chi connectivity index (χ0v) is 8.56. The molecule has 0 aromatic carbocycles. The van der Waals surface area contributed by atoms with Crippen molar-refractivity contribution in [1.29, 1.82) is 0 Å².